The van der Waals surface area contributed by atoms with E-state index in [1.165, 1.54) is 5.56 Å². The summed E-state index contributed by atoms with van der Waals surface area (Å²) in [5, 5.41) is 2.72. The van der Waals surface area contributed by atoms with E-state index in [1.807, 2.05) is 32.0 Å². The molecule has 1 saturated heterocycles. The van der Waals surface area contributed by atoms with Gasteiger partial charge in [0, 0.05) is 18.3 Å². The maximum atomic E-state index is 12.3. The Balaban J connectivity index is 2.04. The predicted octanol–water partition coefficient (Wildman–Crippen LogP) is 3.03. The molecule has 21 heavy (non-hydrogen) atoms. The van der Waals surface area contributed by atoms with E-state index >= 15 is 0 Å². The number of aryl methyl sites for hydroxylation is 2. The van der Waals surface area contributed by atoms with Gasteiger partial charge in [-0.2, -0.15) is 0 Å². The van der Waals surface area contributed by atoms with Crippen LogP contribution in [0.1, 0.15) is 43.7 Å². The van der Waals surface area contributed by atoms with Gasteiger partial charge in [-0.1, -0.05) is 13.0 Å². The minimum absolute atomic E-state index is 0.205. The second-order valence-electron chi connectivity index (χ2n) is 5.81. The van der Waals surface area contributed by atoms with Crippen LogP contribution >= 0.6 is 0 Å². The highest BCUT2D eigenvalue weighted by molar-refractivity contribution is 6.39. The number of anilines is 1. The fourth-order valence-electron chi connectivity index (χ4n) is 2.83. The molecule has 2 rings (SSSR count). The highest BCUT2D eigenvalue weighted by Gasteiger charge is 2.29. The molecular weight excluding hydrogens is 264 g/mol. The lowest BCUT2D eigenvalue weighted by Gasteiger charge is -2.34. The SMILES string of the molecule is CCC1CCCCN1C(=O)C(=O)Nc1ccc(C)c(C)c1. The van der Waals surface area contributed by atoms with Gasteiger partial charge in [0.05, 0.1) is 0 Å². The van der Waals surface area contributed by atoms with Crippen molar-refractivity contribution in [2.24, 2.45) is 0 Å². The fourth-order valence-corrected chi connectivity index (χ4v) is 2.83. The highest BCUT2D eigenvalue weighted by atomic mass is 16.2. The summed E-state index contributed by atoms with van der Waals surface area (Å²) >= 11 is 0. The molecule has 1 atom stereocenters. The number of hydrogen-bond donors (Lipinski definition) is 1. The summed E-state index contributed by atoms with van der Waals surface area (Å²) in [6, 6.07) is 5.89. The number of piperidine rings is 1. The van der Waals surface area contributed by atoms with Crippen LogP contribution in [-0.4, -0.2) is 29.3 Å². The quantitative estimate of drug-likeness (QED) is 0.850. The molecule has 0 bridgehead atoms. The summed E-state index contributed by atoms with van der Waals surface area (Å²) in [7, 11) is 0. The standard InChI is InChI=1S/C17H24N2O2/c1-4-15-7-5-6-10-19(15)17(21)16(20)18-14-9-8-12(2)13(3)11-14/h8-9,11,15H,4-7,10H2,1-3H3,(H,18,20). The minimum atomic E-state index is -0.529. The van der Waals surface area contributed by atoms with Crippen LogP contribution in [-0.2, 0) is 9.59 Å². The molecule has 0 radical (unpaired) electrons. The van der Waals surface area contributed by atoms with Crippen LogP contribution in [0.2, 0.25) is 0 Å². The summed E-state index contributed by atoms with van der Waals surface area (Å²) in [5.74, 6) is -0.932. The Hall–Kier alpha value is -1.84. The van der Waals surface area contributed by atoms with E-state index in [9.17, 15) is 9.59 Å². The van der Waals surface area contributed by atoms with Gasteiger partial charge in [0.1, 0.15) is 0 Å². The summed E-state index contributed by atoms with van der Waals surface area (Å²) in [6.45, 7) is 6.77. The molecule has 1 aliphatic rings. The largest absolute Gasteiger partial charge is 0.331 e. The van der Waals surface area contributed by atoms with Crippen LogP contribution in [0.5, 0.6) is 0 Å². The summed E-state index contributed by atoms with van der Waals surface area (Å²) in [5.41, 5.74) is 2.95. The van der Waals surface area contributed by atoms with E-state index in [0.29, 0.717) is 12.2 Å². The molecule has 1 aromatic rings. The zero-order chi connectivity index (χ0) is 15.4. The topological polar surface area (TPSA) is 49.4 Å². The number of amides is 2. The normalized spacial score (nSPS) is 18.4. The van der Waals surface area contributed by atoms with E-state index in [-0.39, 0.29) is 6.04 Å². The Morgan fingerprint density at radius 1 is 1.24 bits per heavy atom. The van der Waals surface area contributed by atoms with Crippen molar-refractivity contribution >= 4 is 17.5 Å². The first-order valence-corrected chi connectivity index (χ1v) is 7.72. The second kappa shape index (κ2) is 6.74. The Morgan fingerprint density at radius 2 is 2.00 bits per heavy atom. The van der Waals surface area contributed by atoms with Gasteiger partial charge in [-0.15, -0.1) is 0 Å². The van der Waals surface area contributed by atoms with Crippen molar-refractivity contribution in [2.45, 2.75) is 52.5 Å². The number of carbonyl (C=O) groups is 2. The average Bonchev–Trinajstić information content (AvgIpc) is 2.50. The van der Waals surface area contributed by atoms with Crippen molar-refractivity contribution in [2.75, 3.05) is 11.9 Å². The molecule has 114 valence electrons. The zero-order valence-electron chi connectivity index (χ0n) is 13.1. The molecule has 1 fully saturated rings. The third kappa shape index (κ3) is 3.63. The van der Waals surface area contributed by atoms with Gasteiger partial charge in [-0.05, 0) is 62.8 Å². The lowest BCUT2D eigenvalue weighted by molar-refractivity contribution is -0.145. The molecule has 1 unspecified atom stereocenters. The smallest absolute Gasteiger partial charge is 0.313 e. The van der Waals surface area contributed by atoms with Crippen LogP contribution in [0, 0.1) is 13.8 Å². The maximum absolute atomic E-state index is 12.3. The molecular formula is C17H24N2O2. The van der Waals surface area contributed by atoms with Crippen LogP contribution in [0.3, 0.4) is 0 Å². The van der Waals surface area contributed by atoms with Gasteiger partial charge in [0.2, 0.25) is 0 Å². The average molecular weight is 288 g/mol. The van der Waals surface area contributed by atoms with Crippen molar-refractivity contribution in [3.63, 3.8) is 0 Å². The fraction of sp³-hybridized carbons (Fsp3) is 0.529. The van der Waals surface area contributed by atoms with Crippen LogP contribution in [0.15, 0.2) is 18.2 Å². The third-order valence-corrected chi connectivity index (χ3v) is 4.32. The Kier molecular flexibility index (Phi) is 4.99. The van der Waals surface area contributed by atoms with E-state index in [1.54, 1.807) is 4.90 Å². The summed E-state index contributed by atoms with van der Waals surface area (Å²) < 4.78 is 0. The van der Waals surface area contributed by atoms with Gasteiger partial charge in [-0.3, -0.25) is 9.59 Å². The molecule has 0 spiro atoms. The van der Waals surface area contributed by atoms with E-state index in [4.69, 9.17) is 0 Å². The molecule has 4 heteroatoms. The number of carbonyl (C=O) groups excluding carboxylic acids is 2. The van der Waals surface area contributed by atoms with Gasteiger partial charge in [-0.25, -0.2) is 0 Å². The maximum Gasteiger partial charge on any atom is 0.313 e. The molecule has 1 aliphatic heterocycles. The zero-order valence-corrected chi connectivity index (χ0v) is 13.1. The lowest BCUT2D eigenvalue weighted by atomic mass is 10.00. The Morgan fingerprint density at radius 3 is 2.67 bits per heavy atom. The number of rotatable bonds is 2. The molecule has 0 saturated carbocycles. The van der Waals surface area contributed by atoms with Gasteiger partial charge < -0.3 is 10.2 Å². The van der Waals surface area contributed by atoms with E-state index < -0.39 is 11.8 Å². The monoisotopic (exact) mass is 288 g/mol. The number of likely N-dealkylation sites (tertiary alicyclic amines) is 1. The molecule has 1 N–H and O–H groups in total. The lowest BCUT2D eigenvalue weighted by Crippen LogP contribution is -2.48. The van der Waals surface area contributed by atoms with Crippen molar-refractivity contribution in [3.8, 4) is 0 Å². The molecule has 1 aromatic carbocycles. The summed E-state index contributed by atoms with van der Waals surface area (Å²) in [4.78, 5) is 26.2. The predicted molar refractivity (Wildman–Crippen MR) is 84.2 cm³/mol. The minimum Gasteiger partial charge on any atom is -0.331 e. The number of benzene rings is 1. The first kappa shape index (κ1) is 15.5. The molecule has 0 aromatic heterocycles. The number of nitrogens with one attached hydrogen (secondary N) is 1. The number of hydrogen-bond acceptors (Lipinski definition) is 2. The van der Waals surface area contributed by atoms with Gasteiger partial charge >= 0.3 is 11.8 Å². The van der Waals surface area contributed by atoms with Gasteiger partial charge in [0.25, 0.3) is 0 Å². The van der Waals surface area contributed by atoms with Crippen molar-refractivity contribution in [3.05, 3.63) is 29.3 Å². The van der Waals surface area contributed by atoms with Crippen LogP contribution in [0.25, 0.3) is 0 Å². The van der Waals surface area contributed by atoms with Crippen molar-refractivity contribution in [1.29, 1.82) is 0 Å². The number of nitrogens with zero attached hydrogens (tertiary/aromatic N) is 1. The first-order chi connectivity index (χ1) is 10.0. The summed E-state index contributed by atoms with van der Waals surface area (Å²) in [6.07, 6.45) is 4.03. The van der Waals surface area contributed by atoms with Crippen molar-refractivity contribution in [1.82, 2.24) is 4.90 Å². The highest BCUT2D eigenvalue weighted by Crippen LogP contribution is 2.20. The Labute approximate surface area is 126 Å². The molecule has 0 aliphatic carbocycles. The Bertz CT molecular complexity index is 540. The van der Waals surface area contributed by atoms with E-state index in [2.05, 4.69) is 12.2 Å². The molecule has 4 nitrogen and oxygen atoms in total. The first-order valence-electron chi connectivity index (χ1n) is 7.72. The third-order valence-electron chi connectivity index (χ3n) is 4.32. The van der Waals surface area contributed by atoms with Crippen molar-refractivity contribution < 1.29 is 9.59 Å². The van der Waals surface area contributed by atoms with Gasteiger partial charge in [0.15, 0.2) is 0 Å². The van der Waals surface area contributed by atoms with Crippen LogP contribution in [0.4, 0.5) is 5.69 Å². The molecule has 2 amide bonds. The van der Waals surface area contributed by atoms with Crippen LogP contribution < -0.4 is 5.32 Å². The second-order valence-corrected chi connectivity index (χ2v) is 5.81. The van der Waals surface area contributed by atoms with E-state index in [0.717, 1.165) is 31.2 Å². The molecule has 1 heterocycles.